The number of aromatic hydroxyl groups is 1. The highest BCUT2D eigenvalue weighted by Crippen LogP contribution is 2.25. The number of hydrogen-bond acceptors (Lipinski definition) is 5. The van der Waals surface area contributed by atoms with E-state index in [0.717, 1.165) is 19.4 Å². The molecule has 108 valence electrons. The summed E-state index contributed by atoms with van der Waals surface area (Å²) < 4.78 is 0. The summed E-state index contributed by atoms with van der Waals surface area (Å²) in [5.74, 6) is -0.378. The summed E-state index contributed by atoms with van der Waals surface area (Å²) in [5, 5.41) is 27.2. The zero-order valence-corrected chi connectivity index (χ0v) is 11.8. The van der Waals surface area contributed by atoms with Gasteiger partial charge in [0.1, 0.15) is 0 Å². The lowest BCUT2D eigenvalue weighted by molar-refractivity contribution is -0.385. The minimum atomic E-state index is -0.656. The van der Waals surface area contributed by atoms with Crippen LogP contribution in [-0.4, -0.2) is 27.9 Å². The van der Waals surface area contributed by atoms with Crippen LogP contribution in [0.15, 0.2) is 23.3 Å². The fourth-order valence-corrected chi connectivity index (χ4v) is 1.51. The first-order valence-electron chi connectivity index (χ1n) is 6.09. The molecule has 0 amide bonds. The lowest BCUT2D eigenvalue weighted by Gasteiger charge is -2.05. The number of nitro benzene ring substituents is 1. The largest absolute Gasteiger partial charge is 0.502 e. The maximum absolute atomic E-state index is 10.7. The third-order valence-corrected chi connectivity index (χ3v) is 2.63. The number of phenols is 1. The summed E-state index contributed by atoms with van der Waals surface area (Å²) in [4.78, 5) is 10.0. The number of phenolic OH excluding ortho intramolecular Hbond substituents is 1. The van der Waals surface area contributed by atoms with Crippen molar-refractivity contribution in [3.63, 3.8) is 0 Å². The SMILES string of the molecule is CCCCNC(=S)N/N=C/c1ccc(O)c([N+](=O)[O-])c1. The summed E-state index contributed by atoms with van der Waals surface area (Å²) in [5.41, 5.74) is 2.73. The van der Waals surface area contributed by atoms with Crippen LogP contribution in [0.3, 0.4) is 0 Å². The second kappa shape index (κ2) is 8.05. The highest BCUT2D eigenvalue weighted by Gasteiger charge is 2.12. The molecule has 20 heavy (non-hydrogen) atoms. The predicted octanol–water partition coefficient (Wildman–Crippen LogP) is 1.90. The lowest BCUT2D eigenvalue weighted by Crippen LogP contribution is -2.32. The van der Waals surface area contributed by atoms with Crippen molar-refractivity contribution in [3.05, 3.63) is 33.9 Å². The van der Waals surface area contributed by atoms with Crippen LogP contribution in [0.25, 0.3) is 0 Å². The molecule has 7 nitrogen and oxygen atoms in total. The van der Waals surface area contributed by atoms with E-state index in [1.165, 1.54) is 24.4 Å². The maximum atomic E-state index is 10.7. The molecular weight excluding hydrogens is 280 g/mol. The number of hydrogen-bond donors (Lipinski definition) is 3. The first-order chi connectivity index (χ1) is 9.54. The molecule has 0 atom stereocenters. The summed E-state index contributed by atoms with van der Waals surface area (Å²) in [7, 11) is 0. The Balaban J connectivity index is 2.56. The Morgan fingerprint density at radius 1 is 1.60 bits per heavy atom. The fourth-order valence-electron chi connectivity index (χ4n) is 1.35. The maximum Gasteiger partial charge on any atom is 0.311 e. The molecule has 1 aromatic rings. The zero-order valence-electron chi connectivity index (χ0n) is 11.0. The average Bonchev–Trinajstić information content (AvgIpc) is 2.40. The van der Waals surface area contributed by atoms with Gasteiger partial charge in [0, 0.05) is 18.2 Å². The van der Waals surface area contributed by atoms with E-state index >= 15 is 0 Å². The van der Waals surface area contributed by atoms with Crippen LogP contribution in [0.2, 0.25) is 0 Å². The summed E-state index contributed by atoms with van der Waals surface area (Å²) in [6, 6.07) is 3.99. The minimum Gasteiger partial charge on any atom is -0.502 e. The monoisotopic (exact) mass is 296 g/mol. The Labute approximate surface area is 121 Å². The molecule has 0 fully saturated rings. The van der Waals surface area contributed by atoms with Crippen LogP contribution < -0.4 is 10.7 Å². The smallest absolute Gasteiger partial charge is 0.311 e. The van der Waals surface area contributed by atoms with Crippen molar-refractivity contribution in [2.45, 2.75) is 19.8 Å². The van der Waals surface area contributed by atoms with Gasteiger partial charge in [0.2, 0.25) is 0 Å². The van der Waals surface area contributed by atoms with Crippen molar-refractivity contribution in [1.29, 1.82) is 0 Å². The molecule has 0 saturated heterocycles. The van der Waals surface area contributed by atoms with Gasteiger partial charge in [-0.3, -0.25) is 15.5 Å². The van der Waals surface area contributed by atoms with Gasteiger partial charge in [-0.05, 0) is 30.8 Å². The van der Waals surface area contributed by atoms with Gasteiger partial charge in [-0.1, -0.05) is 13.3 Å². The van der Waals surface area contributed by atoms with Crippen molar-refractivity contribution >= 4 is 29.2 Å². The van der Waals surface area contributed by atoms with E-state index < -0.39 is 4.92 Å². The highest BCUT2D eigenvalue weighted by atomic mass is 32.1. The van der Waals surface area contributed by atoms with Crippen LogP contribution in [0.1, 0.15) is 25.3 Å². The number of thiocarbonyl (C=S) groups is 1. The third-order valence-electron chi connectivity index (χ3n) is 2.39. The van der Waals surface area contributed by atoms with Crippen LogP contribution in [0.4, 0.5) is 5.69 Å². The van der Waals surface area contributed by atoms with Gasteiger partial charge in [-0.2, -0.15) is 5.10 Å². The van der Waals surface area contributed by atoms with Crippen molar-refractivity contribution in [1.82, 2.24) is 10.7 Å². The highest BCUT2D eigenvalue weighted by molar-refractivity contribution is 7.80. The summed E-state index contributed by atoms with van der Waals surface area (Å²) >= 11 is 4.99. The van der Waals surface area contributed by atoms with Crippen molar-refractivity contribution in [2.75, 3.05) is 6.54 Å². The Morgan fingerprint density at radius 2 is 2.35 bits per heavy atom. The summed E-state index contributed by atoms with van der Waals surface area (Å²) in [6.07, 6.45) is 3.46. The summed E-state index contributed by atoms with van der Waals surface area (Å²) in [6.45, 7) is 2.84. The number of hydrazone groups is 1. The molecule has 0 unspecified atom stereocenters. The predicted molar refractivity (Wildman–Crippen MR) is 81.0 cm³/mol. The van der Waals surface area contributed by atoms with E-state index in [9.17, 15) is 15.2 Å². The molecular formula is C12H16N4O3S. The van der Waals surface area contributed by atoms with Crippen LogP contribution in [-0.2, 0) is 0 Å². The van der Waals surface area contributed by atoms with Gasteiger partial charge >= 0.3 is 5.69 Å². The molecule has 0 spiro atoms. The van der Waals surface area contributed by atoms with Crippen molar-refractivity contribution in [2.24, 2.45) is 5.10 Å². The third kappa shape index (κ3) is 5.19. The van der Waals surface area contributed by atoms with Crippen molar-refractivity contribution in [3.8, 4) is 5.75 Å². The van der Waals surface area contributed by atoms with Crippen molar-refractivity contribution < 1.29 is 10.0 Å². The molecule has 1 aromatic carbocycles. The fraction of sp³-hybridized carbons (Fsp3) is 0.333. The second-order valence-electron chi connectivity index (χ2n) is 3.98. The van der Waals surface area contributed by atoms with Gasteiger partial charge in [-0.25, -0.2) is 0 Å². The number of nitrogens with one attached hydrogen (secondary N) is 2. The van der Waals surface area contributed by atoms with Gasteiger partial charge in [0.25, 0.3) is 0 Å². The van der Waals surface area contributed by atoms with Gasteiger partial charge in [-0.15, -0.1) is 0 Å². The van der Waals surface area contributed by atoms with Gasteiger partial charge in [0.05, 0.1) is 11.1 Å². The first-order valence-corrected chi connectivity index (χ1v) is 6.49. The molecule has 0 saturated carbocycles. The van der Waals surface area contributed by atoms with Gasteiger partial charge < -0.3 is 10.4 Å². The molecule has 0 radical (unpaired) electrons. The second-order valence-corrected chi connectivity index (χ2v) is 4.39. The number of unbranched alkanes of at least 4 members (excludes halogenated alkanes) is 1. The van der Waals surface area contributed by atoms with E-state index in [-0.39, 0.29) is 11.4 Å². The standard InChI is InChI=1S/C12H16N4O3S/c1-2-3-6-13-12(20)15-14-8-9-4-5-11(17)10(7-9)16(18)19/h4-5,7-8,17H,2-3,6H2,1H3,(H2,13,15,20)/b14-8+. The lowest BCUT2D eigenvalue weighted by atomic mass is 10.2. The molecule has 3 N–H and O–H groups in total. The molecule has 0 heterocycles. The molecule has 0 aliphatic heterocycles. The van der Waals surface area contributed by atoms with Crippen LogP contribution in [0, 0.1) is 10.1 Å². The molecule has 1 rings (SSSR count). The Hall–Kier alpha value is -2.22. The Morgan fingerprint density at radius 3 is 3.00 bits per heavy atom. The molecule has 8 heteroatoms. The average molecular weight is 296 g/mol. The van der Waals surface area contributed by atoms with E-state index in [4.69, 9.17) is 12.2 Å². The van der Waals surface area contributed by atoms with E-state index in [0.29, 0.717) is 10.7 Å². The minimum absolute atomic E-state index is 0.363. The number of nitrogens with zero attached hydrogens (tertiary/aromatic N) is 2. The zero-order chi connectivity index (χ0) is 15.0. The van der Waals surface area contributed by atoms with E-state index in [2.05, 4.69) is 22.8 Å². The number of rotatable bonds is 6. The molecule has 0 aromatic heterocycles. The Kier molecular flexibility index (Phi) is 6.38. The molecule has 0 bridgehead atoms. The van der Waals surface area contributed by atoms with E-state index in [1.54, 1.807) is 0 Å². The first kappa shape index (κ1) is 15.8. The molecule has 0 aliphatic rings. The molecule has 0 aliphatic carbocycles. The number of nitro groups is 1. The number of benzene rings is 1. The van der Waals surface area contributed by atoms with Crippen LogP contribution in [0.5, 0.6) is 5.75 Å². The normalized spacial score (nSPS) is 10.4. The van der Waals surface area contributed by atoms with E-state index in [1.807, 2.05) is 0 Å². The Bertz CT molecular complexity index is 519. The van der Waals surface area contributed by atoms with Crippen LogP contribution >= 0.6 is 12.2 Å². The van der Waals surface area contributed by atoms with Gasteiger partial charge in [0.15, 0.2) is 10.9 Å². The quantitative estimate of drug-likeness (QED) is 0.244. The topological polar surface area (TPSA) is 99.8 Å².